The first-order chi connectivity index (χ1) is 5.20. The van der Waals surface area contributed by atoms with Crippen LogP contribution in [0.15, 0.2) is 0 Å². The normalized spacial score (nSPS) is 10.5. The van der Waals surface area contributed by atoms with E-state index >= 15 is 0 Å². The van der Waals surface area contributed by atoms with Crippen LogP contribution in [0.5, 0.6) is 0 Å². The Balaban J connectivity index is 3.15. The molecule has 0 aliphatic rings. The number of hydrogen-bond donors (Lipinski definition) is 0. The van der Waals surface area contributed by atoms with E-state index in [0.29, 0.717) is 5.88 Å². The number of hydrogen-bond acceptors (Lipinski definition) is 1. The average Bonchev–Trinajstić information content (AvgIpc) is 2.28. The Labute approximate surface area is 72.2 Å². The second-order valence-corrected chi connectivity index (χ2v) is 2.89. The standard InChI is InChI=1S/C8H13ClN2/c1-4-8-7(5-9)6(2)11(3)10-8/h4-5H2,1-3H3. The number of nitrogens with zero attached hydrogens (tertiary/aromatic N) is 2. The monoisotopic (exact) mass is 172 g/mol. The molecule has 0 radical (unpaired) electrons. The van der Waals surface area contributed by atoms with E-state index in [1.54, 1.807) is 0 Å². The molecule has 0 aliphatic carbocycles. The highest BCUT2D eigenvalue weighted by Gasteiger charge is 2.08. The fourth-order valence-corrected chi connectivity index (χ4v) is 1.53. The summed E-state index contributed by atoms with van der Waals surface area (Å²) in [6, 6.07) is 0. The molecule has 3 heteroatoms. The molecule has 2 nitrogen and oxygen atoms in total. The van der Waals surface area contributed by atoms with Crippen molar-refractivity contribution in [1.82, 2.24) is 9.78 Å². The predicted octanol–water partition coefficient (Wildman–Crippen LogP) is 2.03. The topological polar surface area (TPSA) is 17.8 Å². The van der Waals surface area contributed by atoms with Gasteiger partial charge in [0, 0.05) is 18.3 Å². The summed E-state index contributed by atoms with van der Waals surface area (Å²) in [4.78, 5) is 0. The van der Waals surface area contributed by atoms with Crippen molar-refractivity contribution in [3.05, 3.63) is 17.0 Å². The Kier molecular flexibility index (Phi) is 2.55. The third kappa shape index (κ3) is 1.41. The van der Waals surface area contributed by atoms with E-state index in [4.69, 9.17) is 11.6 Å². The average molecular weight is 173 g/mol. The van der Waals surface area contributed by atoms with E-state index in [1.165, 1.54) is 11.3 Å². The fraction of sp³-hybridized carbons (Fsp3) is 0.625. The summed E-state index contributed by atoms with van der Waals surface area (Å²) >= 11 is 5.78. The first-order valence-corrected chi connectivity index (χ1v) is 4.31. The van der Waals surface area contributed by atoms with Crippen LogP contribution in [0.4, 0.5) is 0 Å². The van der Waals surface area contributed by atoms with Gasteiger partial charge < -0.3 is 0 Å². The highest BCUT2D eigenvalue weighted by atomic mass is 35.5. The van der Waals surface area contributed by atoms with Crippen molar-refractivity contribution >= 4 is 11.6 Å². The van der Waals surface area contributed by atoms with Gasteiger partial charge in [0.25, 0.3) is 0 Å². The Morgan fingerprint density at radius 1 is 1.55 bits per heavy atom. The Bertz CT molecular complexity index is 253. The van der Waals surface area contributed by atoms with Crippen LogP contribution < -0.4 is 0 Å². The van der Waals surface area contributed by atoms with Crippen LogP contribution >= 0.6 is 11.6 Å². The highest BCUT2D eigenvalue weighted by molar-refractivity contribution is 6.17. The molecular weight excluding hydrogens is 160 g/mol. The van der Waals surface area contributed by atoms with Gasteiger partial charge in [-0.1, -0.05) is 6.92 Å². The van der Waals surface area contributed by atoms with Gasteiger partial charge in [0.05, 0.1) is 11.6 Å². The molecule has 62 valence electrons. The van der Waals surface area contributed by atoms with Crippen LogP contribution in [0, 0.1) is 6.92 Å². The van der Waals surface area contributed by atoms with Gasteiger partial charge in [0.2, 0.25) is 0 Å². The summed E-state index contributed by atoms with van der Waals surface area (Å²) in [5, 5.41) is 4.33. The minimum absolute atomic E-state index is 0.572. The van der Waals surface area contributed by atoms with Crippen molar-refractivity contribution in [3.8, 4) is 0 Å². The highest BCUT2D eigenvalue weighted by Crippen LogP contribution is 2.15. The molecule has 1 heterocycles. The number of alkyl halides is 1. The van der Waals surface area contributed by atoms with Crippen molar-refractivity contribution in [2.45, 2.75) is 26.1 Å². The van der Waals surface area contributed by atoms with Crippen molar-refractivity contribution in [2.24, 2.45) is 7.05 Å². The van der Waals surface area contributed by atoms with Crippen molar-refractivity contribution < 1.29 is 0 Å². The van der Waals surface area contributed by atoms with Gasteiger partial charge in [-0.2, -0.15) is 5.10 Å². The summed E-state index contributed by atoms with van der Waals surface area (Å²) in [6.07, 6.45) is 0.962. The third-order valence-electron chi connectivity index (χ3n) is 2.01. The van der Waals surface area contributed by atoms with Crippen LogP contribution in [0.25, 0.3) is 0 Å². The van der Waals surface area contributed by atoms with Crippen molar-refractivity contribution in [2.75, 3.05) is 0 Å². The zero-order valence-electron chi connectivity index (χ0n) is 7.19. The zero-order chi connectivity index (χ0) is 8.43. The minimum atomic E-state index is 0.572. The third-order valence-corrected chi connectivity index (χ3v) is 2.28. The maximum absolute atomic E-state index is 5.78. The van der Waals surface area contributed by atoms with E-state index in [9.17, 15) is 0 Å². The van der Waals surface area contributed by atoms with Crippen LogP contribution in [0.3, 0.4) is 0 Å². The second kappa shape index (κ2) is 3.26. The van der Waals surface area contributed by atoms with Crippen LogP contribution in [0.2, 0.25) is 0 Å². The van der Waals surface area contributed by atoms with Gasteiger partial charge in [-0.25, -0.2) is 0 Å². The predicted molar refractivity (Wildman–Crippen MR) is 46.9 cm³/mol. The molecule has 0 unspecified atom stereocenters. The largest absolute Gasteiger partial charge is 0.272 e. The van der Waals surface area contributed by atoms with E-state index < -0.39 is 0 Å². The number of rotatable bonds is 2. The molecule has 1 rings (SSSR count). The van der Waals surface area contributed by atoms with E-state index in [-0.39, 0.29) is 0 Å². The van der Waals surface area contributed by atoms with Gasteiger partial charge in [0.15, 0.2) is 0 Å². The summed E-state index contributed by atoms with van der Waals surface area (Å²) in [5.74, 6) is 0.572. The molecule has 0 saturated carbocycles. The number of halogens is 1. The summed E-state index contributed by atoms with van der Waals surface area (Å²) in [5.41, 5.74) is 3.49. The van der Waals surface area contributed by atoms with Crippen LogP contribution in [0.1, 0.15) is 23.9 Å². The minimum Gasteiger partial charge on any atom is -0.272 e. The number of aromatic nitrogens is 2. The zero-order valence-corrected chi connectivity index (χ0v) is 7.94. The molecule has 1 aromatic heterocycles. The van der Waals surface area contributed by atoms with Gasteiger partial charge in [-0.15, -0.1) is 11.6 Å². The van der Waals surface area contributed by atoms with Gasteiger partial charge in [-0.3, -0.25) is 4.68 Å². The molecule has 11 heavy (non-hydrogen) atoms. The maximum Gasteiger partial charge on any atom is 0.0668 e. The fourth-order valence-electron chi connectivity index (χ4n) is 1.18. The molecule has 0 fully saturated rings. The molecule has 1 aromatic rings. The smallest absolute Gasteiger partial charge is 0.0668 e. The molecule has 0 aliphatic heterocycles. The molecule has 0 aromatic carbocycles. The van der Waals surface area contributed by atoms with E-state index in [1.807, 2.05) is 18.7 Å². The molecule has 0 N–H and O–H groups in total. The van der Waals surface area contributed by atoms with Crippen molar-refractivity contribution in [1.29, 1.82) is 0 Å². The van der Waals surface area contributed by atoms with E-state index in [2.05, 4.69) is 12.0 Å². The van der Waals surface area contributed by atoms with Gasteiger partial charge in [-0.05, 0) is 13.3 Å². The first kappa shape index (κ1) is 8.60. The Morgan fingerprint density at radius 2 is 2.18 bits per heavy atom. The van der Waals surface area contributed by atoms with E-state index in [0.717, 1.165) is 12.1 Å². The number of aryl methyl sites for hydroxylation is 2. The van der Waals surface area contributed by atoms with Crippen molar-refractivity contribution in [3.63, 3.8) is 0 Å². The molecule has 0 atom stereocenters. The van der Waals surface area contributed by atoms with Gasteiger partial charge >= 0.3 is 0 Å². The molecule has 0 saturated heterocycles. The molecular formula is C8H13ClN2. The first-order valence-electron chi connectivity index (χ1n) is 3.78. The van der Waals surface area contributed by atoms with Crippen LogP contribution in [-0.4, -0.2) is 9.78 Å². The van der Waals surface area contributed by atoms with Crippen LogP contribution in [-0.2, 0) is 19.3 Å². The quantitative estimate of drug-likeness (QED) is 0.625. The lowest BCUT2D eigenvalue weighted by molar-refractivity contribution is 0.723. The molecule has 0 amide bonds. The second-order valence-electron chi connectivity index (χ2n) is 2.62. The molecule has 0 bridgehead atoms. The Hall–Kier alpha value is -0.500. The summed E-state index contributed by atoms with van der Waals surface area (Å²) in [7, 11) is 1.95. The summed E-state index contributed by atoms with van der Waals surface area (Å²) in [6.45, 7) is 4.14. The lowest BCUT2D eigenvalue weighted by atomic mass is 10.2. The lowest BCUT2D eigenvalue weighted by Gasteiger charge is -1.94. The summed E-state index contributed by atoms with van der Waals surface area (Å²) < 4.78 is 1.89. The SMILES string of the molecule is CCc1nn(C)c(C)c1CCl. The molecule has 0 spiro atoms. The Morgan fingerprint density at radius 3 is 2.55 bits per heavy atom. The maximum atomic E-state index is 5.78. The van der Waals surface area contributed by atoms with Gasteiger partial charge in [0.1, 0.15) is 0 Å². The lowest BCUT2D eigenvalue weighted by Crippen LogP contribution is -1.93.